The minimum Gasteiger partial charge on any atom is -0.396 e. The molecule has 2 aromatic heterocycles. The van der Waals surface area contributed by atoms with Crippen LogP contribution in [0.25, 0.3) is 22.2 Å². The Labute approximate surface area is 177 Å². The minimum absolute atomic E-state index is 0.0474. The number of nitrogens with zero attached hydrogens (tertiary/aromatic N) is 3. The highest BCUT2D eigenvalue weighted by Gasteiger charge is 2.28. The Bertz CT molecular complexity index is 982. The van der Waals surface area contributed by atoms with Crippen molar-refractivity contribution < 1.29 is 14.4 Å². The molecule has 1 saturated carbocycles. The molecule has 7 heteroatoms. The van der Waals surface area contributed by atoms with Crippen molar-refractivity contribution in [1.29, 1.82) is 0 Å². The summed E-state index contributed by atoms with van der Waals surface area (Å²) in [7, 11) is 0. The number of aromatic nitrogens is 3. The molecule has 7 nitrogen and oxygen atoms in total. The molecule has 1 atom stereocenters. The Hall–Kier alpha value is -2.22. The van der Waals surface area contributed by atoms with Crippen LogP contribution in [0.1, 0.15) is 68.4 Å². The van der Waals surface area contributed by atoms with Crippen molar-refractivity contribution in [2.75, 3.05) is 13.2 Å². The zero-order valence-electron chi connectivity index (χ0n) is 18.1. The van der Waals surface area contributed by atoms with Gasteiger partial charge in [-0.2, -0.15) is 0 Å². The van der Waals surface area contributed by atoms with Crippen LogP contribution < -0.4 is 5.73 Å². The topological polar surface area (TPSA) is 99.3 Å². The summed E-state index contributed by atoms with van der Waals surface area (Å²) in [5.74, 6) is 1.66. The third-order valence-corrected chi connectivity index (χ3v) is 6.22. The second kappa shape index (κ2) is 8.88. The monoisotopic (exact) mass is 412 g/mol. The van der Waals surface area contributed by atoms with Crippen molar-refractivity contribution in [3.63, 3.8) is 0 Å². The Kier molecular flexibility index (Phi) is 6.22. The summed E-state index contributed by atoms with van der Waals surface area (Å²) in [4.78, 5) is 4.94. The molecule has 1 fully saturated rings. The molecule has 0 amide bonds. The second-order valence-corrected chi connectivity index (χ2v) is 8.25. The zero-order chi connectivity index (χ0) is 21.3. The van der Waals surface area contributed by atoms with E-state index in [9.17, 15) is 5.11 Å². The highest BCUT2D eigenvalue weighted by Crippen LogP contribution is 2.37. The largest absolute Gasteiger partial charge is 0.396 e. The number of aliphatic hydroxyl groups is 1. The van der Waals surface area contributed by atoms with Gasteiger partial charge in [0.1, 0.15) is 11.6 Å². The van der Waals surface area contributed by atoms with Gasteiger partial charge in [0.25, 0.3) is 0 Å². The first-order valence-electron chi connectivity index (χ1n) is 11.0. The highest BCUT2D eigenvalue weighted by molar-refractivity contribution is 5.83. The molecule has 2 heterocycles. The first kappa shape index (κ1) is 21.0. The van der Waals surface area contributed by atoms with Gasteiger partial charge < -0.3 is 24.7 Å². The van der Waals surface area contributed by atoms with Crippen molar-refractivity contribution in [2.45, 2.75) is 71.1 Å². The molecule has 0 radical (unpaired) electrons. The molecule has 0 bridgehead atoms. The lowest BCUT2D eigenvalue weighted by Crippen LogP contribution is -2.26. The van der Waals surface area contributed by atoms with E-state index in [1.54, 1.807) is 0 Å². The molecule has 3 aromatic rings. The van der Waals surface area contributed by atoms with E-state index in [1.165, 1.54) is 0 Å². The molecule has 162 valence electrons. The fourth-order valence-corrected chi connectivity index (χ4v) is 4.79. The summed E-state index contributed by atoms with van der Waals surface area (Å²) in [6.45, 7) is 6.75. The van der Waals surface area contributed by atoms with Gasteiger partial charge in [0, 0.05) is 24.8 Å². The van der Waals surface area contributed by atoms with E-state index in [4.69, 9.17) is 20.0 Å². The van der Waals surface area contributed by atoms with Crippen LogP contribution in [0.4, 0.5) is 0 Å². The Morgan fingerprint density at radius 1 is 1.27 bits per heavy atom. The van der Waals surface area contributed by atoms with E-state index in [-0.39, 0.29) is 12.6 Å². The van der Waals surface area contributed by atoms with Gasteiger partial charge in [0.05, 0.1) is 28.9 Å². The van der Waals surface area contributed by atoms with Crippen LogP contribution in [0.2, 0.25) is 0 Å². The fourth-order valence-electron chi connectivity index (χ4n) is 4.79. The van der Waals surface area contributed by atoms with Crippen LogP contribution in [-0.2, 0) is 4.74 Å². The Morgan fingerprint density at radius 3 is 2.67 bits per heavy atom. The van der Waals surface area contributed by atoms with Gasteiger partial charge in [-0.3, -0.25) is 0 Å². The first-order chi connectivity index (χ1) is 14.5. The molecule has 0 spiro atoms. The van der Waals surface area contributed by atoms with Gasteiger partial charge in [0.2, 0.25) is 0 Å². The molecular weight excluding hydrogens is 380 g/mol. The number of nitrogens with two attached hydrogens (primary N) is 1. The lowest BCUT2D eigenvalue weighted by Gasteiger charge is -2.31. The van der Waals surface area contributed by atoms with Gasteiger partial charge in [0.15, 0.2) is 0 Å². The van der Waals surface area contributed by atoms with E-state index >= 15 is 0 Å². The van der Waals surface area contributed by atoms with Gasteiger partial charge in [-0.05, 0) is 70.6 Å². The Morgan fingerprint density at radius 2 is 2.03 bits per heavy atom. The van der Waals surface area contributed by atoms with E-state index in [0.29, 0.717) is 18.6 Å². The zero-order valence-corrected chi connectivity index (χ0v) is 18.1. The van der Waals surface area contributed by atoms with Crippen molar-refractivity contribution in [1.82, 2.24) is 14.7 Å². The number of fused-ring (bicyclic) bond motifs is 1. The molecular formula is C23H32N4O3. The van der Waals surface area contributed by atoms with E-state index in [0.717, 1.165) is 71.7 Å². The second-order valence-electron chi connectivity index (χ2n) is 8.25. The number of ether oxygens (including phenoxy) is 1. The maximum atomic E-state index is 9.45. The predicted octanol–water partition coefficient (Wildman–Crippen LogP) is 4.21. The van der Waals surface area contributed by atoms with E-state index in [2.05, 4.69) is 34.8 Å². The number of hydrogen-bond donors (Lipinski definition) is 2. The number of aliphatic hydroxyl groups excluding tert-OH is 1. The normalized spacial score (nSPS) is 20.7. The molecule has 0 saturated heterocycles. The standard InChI is InChI=1S/C23H32N4O3/c1-4-29-18-8-6-17(7-9-18)27-21-10-5-16(22-14(2)26-30-15(22)3)13-20(21)25-23(27)19(24)11-12-28/h5,10,13,17-19,28H,4,6-9,11-12,24H2,1-3H3/t17?,18?,19-/m1/s1. The van der Waals surface area contributed by atoms with Crippen molar-refractivity contribution in [3.8, 4) is 11.1 Å². The maximum Gasteiger partial charge on any atom is 0.141 e. The predicted molar refractivity (Wildman–Crippen MR) is 116 cm³/mol. The van der Waals surface area contributed by atoms with Crippen LogP contribution in [0, 0.1) is 13.8 Å². The molecule has 4 rings (SSSR count). The average Bonchev–Trinajstić information content (AvgIpc) is 3.28. The van der Waals surface area contributed by atoms with Crippen molar-refractivity contribution in [3.05, 3.63) is 35.5 Å². The number of imidazole rings is 1. The molecule has 3 N–H and O–H groups in total. The smallest absolute Gasteiger partial charge is 0.141 e. The van der Waals surface area contributed by atoms with Crippen LogP contribution in [0.5, 0.6) is 0 Å². The number of rotatable bonds is 7. The molecule has 1 aromatic carbocycles. The van der Waals surface area contributed by atoms with Gasteiger partial charge in [-0.25, -0.2) is 4.98 Å². The molecule has 30 heavy (non-hydrogen) atoms. The van der Waals surface area contributed by atoms with Crippen LogP contribution in [-0.4, -0.2) is 39.1 Å². The number of aryl methyl sites for hydroxylation is 2. The number of benzene rings is 1. The van der Waals surface area contributed by atoms with Gasteiger partial charge in [-0.1, -0.05) is 11.2 Å². The molecule has 0 unspecified atom stereocenters. The van der Waals surface area contributed by atoms with Crippen LogP contribution >= 0.6 is 0 Å². The summed E-state index contributed by atoms with van der Waals surface area (Å²) in [6, 6.07) is 6.39. The molecule has 1 aliphatic carbocycles. The molecule has 0 aliphatic heterocycles. The lowest BCUT2D eigenvalue weighted by atomic mass is 9.92. The van der Waals surface area contributed by atoms with Crippen LogP contribution in [0.15, 0.2) is 22.7 Å². The highest BCUT2D eigenvalue weighted by atomic mass is 16.5. The van der Waals surface area contributed by atoms with Crippen molar-refractivity contribution in [2.24, 2.45) is 5.73 Å². The summed E-state index contributed by atoms with van der Waals surface area (Å²) >= 11 is 0. The maximum absolute atomic E-state index is 9.45. The first-order valence-corrected chi connectivity index (χ1v) is 11.0. The average molecular weight is 413 g/mol. The minimum atomic E-state index is -0.297. The number of hydrogen-bond acceptors (Lipinski definition) is 6. The summed E-state index contributed by atoms with van der Waals surface area (Å²) in [6.07, 6.45) is 5.02. The van der Waals surface area contributed by atoms with E-state index < -0.39 is 0 Å². The van der Waals surface area contributed by atoms with Crippen molar-refractivity contribution >= 4 is 11.0 Å². The van der Waals surface area contributed by atoms with Crippen LogP contribution in [0.3, 0.4) is 0 Å². The summed E-state index contributed by atoms with van der Waals surface area (Å²) in [5, 5.41) is 13.5. The third kappa shape index (κ3) is 3.89. The van der Waals surface area contributed by atoms with Gasteiger partial charge >= 0.3 is 0 Å². The van der Waals surface area contributed by atoms with E-state index in [1.807, 2.05) is 13.8 Å². The fraction of sp³-hybridized carbons (Fsp3) is 0.565. The molecule has 1 aliphatic rings. The third-order valence-electron chi connectivity index (χ3n) is 6.22. The quantitative estimate of drug-likeness (QED) is 0.603. The lowest BCUT2D eigenvalue weighted by molar-refractivity contribution is 0.0271. The summed E-state index contributed by atoms with van der Waals surface area (Å²) in [5.41, 5.74) is 11.4. The SMILES string of the molecule is CCOC1CCC(n2c([C@H](N)CCO)nc3cc(-c4c(C)noc4C)ccc32)CC1. The summed E-state index contributed by atoms with van der Waals surface area (Å²) < 4.78 is 13.5. The Balaban J connectivity index is 1.75. The van der Waals surface area contributed by atoms with Gasteiger partial charge in [-0.15, -0.1) is 0 Å².